The van der Waals surface area contributed by atoms with Gasteiger partial charge in [-0.15, -0.1) is 0 Å². The summed E-state index contributed by atoms with van der Waals surface area (Å²) in [7, 11) is 1.73. The number of rotatable bonds is 6. The van der Waals surface area contributed by atoms with Crippen LogP contribution in [-0.2, 0) is 11.2 Å². The van der Waals surface area contributed by atoms with Gasteiger partial charge < -0.3 is 9.64 Å². The third-order valence-corrected chi connectivity index (χ3v) is 5.73. The lowest BCUT2D eigenvalue weighted by Crippen LogP contribution is -2.31. The number of ether oxygens (including phenoxy) is 1. The maximum Gasteiger partial charge on any atom is 0.205 e. The zero-order chi connectivity index (χ0) is 14.5. The summed E-state index contributed by atoms with van der Waals surface area (Å²) in [6.07, 6.45) is 12.1. The fourth-order valence-corrected chi connectivity index (χ4v) is 4.61. The van der Waals surface area contributed by atoms with Crippen molar-refractivity contribution >= 4 is 16.7 Å². The van der Waals surface area contributed by atoms with E-state index in [0.717, 1.165) is 29.8 Å². The molecule has 0 spiro atoms. The Morgan fingerprint density at radius 2 is 2.05 bits per heavy atom. The van der Waals surface area contributed by atoms with Crippen molar-refractivity contribution in [3.05, 3.63) is 5.82 Å². The second-order valence-corrected chi connectivity index (χ2v) is 7.20. The Hall–Kier alpha value is -0.680. The van der Waals surface area contributed by atoms with E-state index in [9.17, 15) is 0 Å². The van der Waals surface area contributed by atoms with Gasteiger partial charge in [0.1, 0.15) is 5.82 Å². The molecule has 0 aromatic carbocycles. The summed E-state index contributed by atoms with van der Waals surface area (Å²) in [6, 6.07) is 0.705. The van der Waals surface area contributed by atoms with Crippen molar-refractivity contribution in [1.29, 1.82) is 0 Å². The predicted molar refractivity (Wildman–Crippen MR) is 87.0 cm³/mol. The molecule has 3 rings (SSSR count). The number of methoxy groups -OCH3 is 1. The molecule has 1 aromatic heterocycles. The Morgan fingerprint density at radius 1 is 1.19 bits per heavy atom. The normalized spacial score (nSPS) is 23.9. The van der Waals surface area contributed by atoms with Gasteiger partial charge in [-0.2, -0.15) is 4.37 Å². The molecule has 1 unspecified atom stereocenters. The van der Waals surface area contributed by atoms with Crippen LogP contribution in [0.25, 0.3) is 0 Å². The lowest BCUT2D eigenvalue weighted by Gasteiger charge is -2.29. The van der Waals surface area contributed by atoms with Crippen molar-refractivity contribution in [3.63, 3.8) is 0 Å². The Kier molecular flexibility index (Phi) is 5.47. The zero-order valence-electron chi connectivity index (χ0n) is 13.1. The van der Waals surface area contributed by atoms with Crippen LogP contribution in [0.2, 0.25) is 0 Å². The number of anilines is 1. The summed E-state index contributed by atoms with van der Waals surface area (Å²) in [6.45, 7) is 1.87. The molecule has 1 atom stereocenters. The van der Waals surface area contributed by atoms with Crippen molar-refractivity contribution < 1.29 is 4.74 Å². The maximum atomic E-state index is 5.11. The van der Waals surface area contributed by atoms with E-state index in [1.54, 1.807) is 18.6 Å². The molecular weight excluding hydrogens is 282 g/mol. The van der Waals surface area contributed by atoms with Crippen molar-refractivity contribution in [2.75, 3.05) is 25.2 Å². The molecule has 21 heavy (non-hydrogen) atoms. The first-order valence-corrected chi connectivity index (χ1v) is 9.22. The molecular formula is C16H27N3OS. The molecule has 0 radical (unpaired) electrons. The van der Waals surface area contributed by atoms with E-state index in [0.29, 0.717) is 12.6 Å². The van der Waals surface area contributed by atoms with Crippen LogP contribution in [0, 0.1) is 5.92 Å². The second kappa shape index (κ2) is 7.54. The molecule has 2 fully saturated rings. The summed E-state index contributed by atoms with van der Waals surface area (Å²) in [5.41, 5.74) is 0. The van der Waals surface area contributed by atoms with Crippen LogP contribution in [0.4, 0.5) is 5.13 Å². The summed E-state index contributed by atoms with van der Waals surface area (Å²) in [5.74, 6) is 1.89. The molecule has 0 N–H and O–H groups in total. The summed E-state index contributed by atoms with van der Waals surface area (Å²) >= 11 is 1.57. The Bertz CT molecular complexity index is 431. The molecule has 0 bridgehead atoms. The minimum atomic E-state index is 0.705. The quantitative estimate of drug-likeness (QED) is 0.803. The van der Waals surface area contributed by atoms with Crippen molar-refractivity contribution in [2.45, 2.75) is 63.8 Å². The number of nitrogens with zero attached hydrogens (tertiary/aromatic N) is 3. The van der Waals surface area contributed by atoms with Crippen LogP contribution < -0.4 is 4.90 Å². The second-order valence-electron chi connectivity index (χ2n) is 6.47. The lowest BCUT2D eigenvalue weighted by atomic mass is 9.84. The van der Waals surface area contributed by atoms with E-state index < -0.39 is 0 Å². The van der Waals surface area contributed by atoms with Gasteiger partial charge >= 0.3 is 0 Å². The van der Waals surface area contributed by atoms with E-state index in [4.69, 9.17) is 9.72 Å². The zero-order valence-corrected chi connectivity index (χ0v) is 13.9. The van der Waals surface area contributed by atoms with Gasteiger partial charge in [0.15, 0.2) is 0 Å². The monoisotopic (exact) mass is 309 g/mol. The van der Waals surface area contributed by atoms with Gasteiger partial charge in [-0.25, -0.2) is 4.98 Å². The van der Waals surface area contributed by atoms with Crippen molar-refractivity contribution in [1.82, 2.24) is 9.36 Å². The van der Waals surface area contributed by atoms with Gasteiger partial charge in [0.25, 0.3) is 0 Å². The standard InChI is InChI=1S/C16H27N3OS/c1-20-11-9-15-17-16(21-18-15)19-10-5-8-14(19)12-13-6-3-2-4-7-13/h13-14H,2-12H2,1H3. The number of aromatic nitrogens is 2. The van der Waals surface area contributed by atoms with Crippen LogP contribution in [0.1, 0.15) is 57.2 Å². The van der Waals surface area contributed by atoms with E-state index in [1.807, 2.05) is 0 Å². The smallest absolute Gasteiger partial charge is 0.205 e. The molecule has 1 aromatic rings. The molecule has 5 heteroatoms. The van der Waals surface area contributed by atoms with Crippen LogP contribution in [0.5, 0.6) is 0 Å². The molecule has 1 saturated carbocycles. The highest BCUT2D eigenvalue weighted by atomic mass is 32.1. The van der Waals surface area contributed by atoms with Crippen LogP contribution in [0.15, 0.2) is 0 Å². The van der Waals surface area contributed by atoms with Gasteiger partial charge in [0, 0.05) is 37.6 Å². The van der Waals surface area contributed by atoms with Crippen LogP contribution in [-0.4, -0.2) is 35.7 Å². The highest BCUT2D eigenvalue weighted by Crippen LogP contribution is 2.34. The summed E-state index contributed by atoms with van der Waals surface area (Å²) in [4.78, 5) is 7.26. The number of hydrogen-bond donors (Lipinski definition) is 0. The van der Waals surface area contributed by atoms with Gasteiger partial charge in [-0.05, 0) is 25.2 Å². The average molecular weight is 309 g/mol. The Labute approximate surface area is 132 Å². The van der Waals surface area contributed by atoms with E-state index in [-0.39, 0.29) is 0 Å². The molecule has 2 heterocycles. The molecule has 4 nitrogen and oxygen atoms in total. The first kappa shape index (κ1) is 15.2. The largest absolute Gasteiger partial charge is 0.384 e. The van der Waals surface area contributed by atoms with Gasteiger partial charge in [0.05, 0.1) is 6.61 Å². The van der Waals surface area contributed by atoms with Crippen LogP contribution in [0.3, 0.4) is 0 Å². The average Bonchev–Trinajstić information content (AvgIpc) is 3.15. The Morgan fingerprint density at radius 3 is 2.86 bits per heavy atom. The molecule has 1 aliphatic carbocycles. The molecule has 1 saturated heterocycles. The first-order chi connectivity index (χ1) is 10.4. The molecule has 2 aliphatic rings. The fraction of sp³-hybridized carbons (Fsp3) is 0.875. The highest BCUT2D eigenvalue weighted by molar-refractivity contribution is 7.09. The third kappa shape index (κ3) is 3.95. The summed E-state index contributed by atoms with van der Waals surface area (Å²) in [5, 5.41) is 1.14. The van der Waals surface area contributed by atoms with Gasteiger partial charge in [0.2, 0.25) is 5.13 Å². The van der Waals surface area contributed by atoms with Crippen molar-refractivity contribution in [3.8, 4) is 0 Å². The molecule has 118 valence electrons. The number of hydrogen-bond acceptors (Lipinski definition) is 5. The minimum Gasteiger partial charge on any atom is -0.384 e. The summed E-state index contributed by atoms with van der Waals surface area (Å²) < 4.78 is 9.60. The minimum absolute atomic E-state index is 0.705. The Balaban J connectivity index is 1.58. The fourth-order valence-electron chi connectivity index (χ4n) is 3.80. The maximum absolute atomic E-state index is 5.11. The lowest BCUT2D eigenvalue weighted by molar-refractivity contribution is 0.201. The third-order valence-electron chi connectivity index (χ3n) is 4.94. The predicted octanol–water partition coefficient (Wildman–Crippen LogP) is 3.67. The van der Waals surface area contributed by atoms with E-state index in [2.05, 4.69) is 9.27 Å². The molecule has 0 amide bonds. The van der Waals surface area contributed by atoms with Gasteiger partial charge in [-0.1, -0.05) is 32.1 Å². The van der Waals surface area contributed by atoms with E-state index >= 15 is 0 Å². The van der Waals surface area contributed by atoms with E-state index in [1.165, 1.54) is 51.4 Å². The molecule has 1 aliphatic heterocycles. The SMILES string of the molecule is COCCc1nsc(N2CCCC2CC2CCCCC2)n1. The topological polar surface area (TPSA) is 38.2 Å². The van der Waals surface area contributed by atoms with Gasteiger partial charge in [-0.3, -0.25) is 0 Å². The first-order valence-electron chi connectivity index (χ1n) is 8.45. The van der Waals surface area contributed by atoms with Crippen LogP contribution >= 0.6 is 11.5 Å². The highest BCUT2D eigenvalue weighted by Gasteiger charge is 2.30. The van der Waals surface area contributed by atoms with Crippen molar-refractivity contribution in [2.24, 2.45) is 5.92 Å².